The molecule has 0 aromatic carbocycles. The fraction of sp³-hybridized carbons (Fsp3) is 0.524. The van der Waals surface area contributed by atoms with Crippen molar-refractivity contribution >= 4 is 60.3 Å². The molecule has 4 rings (SSSR count). The van der Waals surface area contributed by atoms with Gasteiger partial charge >= 0.3 is 0 Å². The van der Waals surface area contributed by atoms with E-state index in [1.54, 1.807) is 27.8 Å². The Labute approximate surface area is 202 Å². The van der Waals surface area contributed by atoms with Crippen LogP contribution < -0.4 is 9.80 Å². The van der Waals surface area contributed by atoms with Gasteiger partial charge in [0.1, 0.15) is 21.4 Å². The third kappa shape index (κ3) is 4.53. The van der Waals surface area contributed by atoms with Gasteiger partial charge in [-0.2, -0.15) is 4.31 Å². The average molecular weight is 515 g/mol. The van der Waals surface area contributed by atoms with Crippen molar-refractivity contribution in [3.05, 3.63) is 32.7 Å². The van der Waals surface area contributed by atoms with E-state index in [0.29, 0.717) is 34.7 Å². The molecule has 174 valence electrons. The van der Waals surface area contributed by atoms with E-state index in [0.717, 1.165) is 52.8 Å². The molecule has 0 aliphatic carbocycles. The third-order valence-electron chi connectivity index (χ3n) is 6.14. The summed E-state index contributed by atoms with van der Waals surface area (Å²) in [6, 6.07) is 3.22. The number of nitrogens with zero attached hydrogens (tertiary/aromatic N) is 4. The Balaban J connectivity index is 1.62. The molecule has 0 saturated carbocycles. The Kier molecular flexibility index (Phi) is 7.09. The first-order chi connectivity index (χ1) is 15.2. The Morgan fingerprint density at radius 2 is 1.75 bits per heavy atom. The summed E-state index contributed by atoms with van der Waals surface area (Å²) in [4.78, 5) is 15.8. The number of piperazine rings is 1. The van der Waals surface area contributed by atoms with Crippen LogP contribution in [0.2, 0.25) is 4.34 Å². The lowest BCUT2D eigenvalue weighted by molar-refractivity contribution is -0.910. The number of anilines is 1. The van der Waals surface area contributed by atoms with E-state index < -0.39 is 10.0 Å². The van der Waals surface area contributed by atoms with Gasteiger partial charge in [0.2, 0.25) is 0 Å². The number of rotatable bonds is 7. The van der Waals surface area contributed by atoms with E-state index in [-0.39, 0.29) is 0 Å². The zero-order valence-corrected chi connectivity index (χ0v) is 22.0. The Morgan fingerprint density at radius 3 is 2.34 bits per heavy atom. The average Bonchev–Trinajstić information content (AvgIpc) is 3.35. The molecule has 3 aromatic heterocycles. The predicted molar refractivity (Wildman–Crippen MR) is 133 cm³/mol. The zero-order chi connectivity index (χ0) is 23.0. The summed E-state index contributed by atoms with van der Waals surface area (Å²) in [7, 11) is -3.52. The molecule has 1 saturated heterocycles. The van der Waals surface area contributed by atoms with Gasteiger partial charge in [-0.25, -0.2) is 18.4 Å². The van der Waals surface area contributed by atoms with Crippen LogP contribution >= 0.6 is 34.3 Å². The molecule has 1 N–H and O–H groups in total. The first kappa shape index (κ1) is 23.8. The lowest BCUT2D eigenvalue weighted by Crippen LogP contribution is -3.10. The van der Waals surface area contributed by atoms with Gasteiger partial charge in [0.25, 0.3) is 10.0 Å². The lowest BCUT2D eigenvalue weighted by atomic mass is 10.2. The van der Waals surface area contributed by atoms with Gasteiger partial charge in [-0.3, -0.25) is 0 Å². The van der Waals surface area contributed by atoms with Crippen LogP contribution in [0.5, 0.6) is 0 Å². The van der Waals surface area contributed by atoms with E-state index in [1.165, 1.54) is 15.3 Å². The Bertz CT molecular complexity index is 1210. The summed E-state index contributed by atoms with van der Waals surface area (Å²) in [6.45, 7) is 13.5. The SMILES string of the molecule is CC[NH+](CC)Cc1nc(N2CCN(S(=O)(=O)c3ccc(Cl)s3)CC2)c2c(C)c(C)sc2n1. The minimum absolute atomic E-state index is 0.300. The van der Waals surface area contributed by atoms with Crippen LogP contribution in [-0.4, -0.2) is 62.0 Å². The van der Waals surface area contributed by atoms with Gasteiger partial charge in [-0.05, 0) is 45.4 Å². The van der Waals surface area contributed by atoms with Gasteiger partial charge in [-0.15, -0.1) is 22.7 Å². The van der Waals surface area contributed by atoms with Crippen molar-refractivity contribution in [2.75, 3.05) is 44.2 Å². The van der Waals surface area contributed by atoms with Crippen molar-refractivity contribution in [3.8, 4) is 0 Å². The normalized spacial score (nSPS) is 15.9. The summed E-state index contributed by atoms with van der Waals surface area (Å²) in [5.74, 6) is 1.80. The quantitative estimate of drug-likeness (QED) is 0.525. The standard InChI is InChI=1S/C21H28ClN5O2S3/c1-5-25(6-2)13-17-23-20(19-14(3)15(4)30-21(19)24-17)26-9-11-27(12-10-26)32(28,29)18-8-7-16(22)31-18/h7-8H,5-6,9-13H2,1-4H3/p+1. The largest absolute Gasteiger partial charge is 0.353 e. The molecule has 7 nitrogen and oxygen atoms in total. The van der Waals surface area contributed by atoms with Crippen molar-refractivity contribution in [1.82, 2.24) is 14.3 Å². The number of thiophene rings is 2. The summed E-state index contributed by atoms with van der Waals surface area (Å²) < 4.78 is 28.3. The van der Waals surface area contributed by atoms with Crippen LogP contribution in [0.25, 0.3) is 10.2 Å². The summed E-state index contributed by atoms with van der Waals surface area (Å²) in [5, 5.41) is 1.10. The van der Waals surface area contributed by atoms with Crippen molar-refractivity contribution in [2.24, 2.45) is 0 Å². The highest BCUT2D eigenvalue weighted by atomic mass is 35.5. The Morgan fingerprint density at radius 1 is 1.06 bits per heavy atom. The number of halogens is 1. The molecule has 4 heterocycles. The minimum Gasteiger partial charge on any atom is -0.353 e. The molecule has 1 aliphatic rings. The fourth-order valence-electron chi connectivity index (χ4n) is 4.01. The maximum atomic E-state index is 13.0. The summed E-state index contributed by atoms with van der Waals surface area (Å²) >= 11 is 8.78. The number of aromatic nitrogens is 2. The lowest BCUT2D eigenvalue weighted by Gasteiger charge is -2.35. The highest BCUT2D eigenvalue weighted by molar-refractivity contribution is 7.91. The van der Waals surface area contributed by atoms with Crippen molar-refractivity contribution in [1.29, 1.82) is 0 Å². The van der Waals surface area contributed by atoms with E-state index in [9.17, 15) is 8.42 Å². The number of hydrogen-bond acceptors (Lipinski definition) is 7. The van der Waals surface area contributed by atoms with Crippen molar-refractivity contribution in [2.45, 2.75) is 38.4 Å². The van der Waals surface area contributed by atoms with Crippen LogP contribution in [0, 0.1) is 13.8 Å². The van der Waals surface area contributed by atoms with Gasteiger partial charge in [0.15, 0.2) is 5.82 Å². The second-order valence-electron chi connectivity index (χ2n) is 8.01. The Hall–Kier alpha value is -1.30. The molecular formula is C21H29ClN5O2S3+. The molecule has 0 unspecified atom stereocenters. The van der Waals surface area contributed by atoms with E-state index in [1.807, 2.05) is 0 Å². The van der Waals surface area contributed by atoms with Gasteiger partial charge in [0.05, 0.1) is 22.8 Å². The van der Waals surface area contributed by atoms with E-state index in [4.69, 9.17) is 21.6 Å². The molecule has 1 fully saturated rings. The second kappa shape index (κ2) is 9.52. The maximum Gasteiger partial charge on any atom is 0.252 e. The number of hydrogen-bond donors (Lipinski definition) is 1. The highest BCUT2D eigenvalue weighted by Crippen LogP contribution is 2.36. The number of fused-ring (bicyclic) bond motifs is 1. The van der Waals surface area contributed by atoms with Crippen LogP contribution in [0.3, 0.4) is 0 Å². The summed E-state index contributed by atoms with van der Waals surface area (Å²) in [6.07, 6.45) is 0. The molecule has 0 atom stereocenters. The third-order valence-corrected chi connectivity index (χ3v) is 10.8. The number of sulfonamides is 1. The molecular weight excluding hydrogens is 486 g/mol. The molecule has 0 amide bonds. The van der Waals surface area contributed by atoms with Crippen LogP contribution in [0.1, 0.15) is 30.1 Å². The topological polar surface area (TPSA) is 70.8 Å². The highest BCUT2D eigenvalue weighted by Gasteiger charge is 2.31. The minimum atomic E-state index is -3.52. The van der Waals surface area contributed by atoms with Gasteiger partial charge in [0, 0.05) is 31.1 Å². The number of aryl methyl sites for hydroxylation is 2. The monoisotopic (exact) mass is 514 g/mol. The number of quaternary nitrogens is 1. The van der Waals surface area contributed by atoms with Gasteiger partial charge < -0.3 is 9.80 Å². The van der Waals surface area contributed by atoms with Crippen molar-refractivity contribution in [3.63, 3.8) is 0 Å². The molecule has 32 heavy (non-hydrogen) atoms. The zero-order valence-electron chi connectivity index (χ0n) is 18.8. The molecule has 0 radical (unpaired) electrons. The molecule has 0 spiro atoms. The van der Waals surface area contributed by atoms with Crippen LogP contribution in [0.4, 0.5) is 5.82 Å². The summed E-state index contributed by atoms with van der Waals surface area (Å²) in [5.41, 5.74) is 1.21. The molecule has 0 bridgehead atoms. The van der Waals surface area contributed by atoms with Crippen molar-refractivity contribution < 1.29 is 13.3 Å². The second-order valence-corrected chi connectivity index (χ2v) is 13.1. The van der Waals surface area contributed by atoms with E-state index >= 15 is 0 Å². The maximum absolute atomic E-state index is 13.0. The van der Waals surface area contributed by atoms with Gasteiger partial charge in [-0.1, -0.05) is 11.6 Å². The first-order valence-electron chi connectivity index (χ1n) is 10.8. The first-order valence-corrected chi connectivity index (χ1v) is 14.3. The van der Waals surface area contributed by atoms with E-state index in [2.05, 4.69) is 32.6 Å². The smallest absolute Gasteiger partial charge is 0.252 e. The van der Waals surface area contributed by atoms with Crippen LogP contribution in [-0.2, 0) is 16.6 Å². The molecule has 1 aliphatic heterocycles. The number of nitrogens with one attached hydrogen (secondary N) is 1. The predicted octanol–water partition coefficient (Wildman–Crippen LogP) is 2.96. The van der Waals surface area contributed by atoms with Crippen LogP contribution in [0.15, 0.2) is 16.3 Å². The fourth-order valence-corrected chi connectivity index (χ4v) is 8.11. The molecule has 11 heteroatoms. The molecule has 3 aromatic rings.